The van der Waals surface area contributed by atoms with E-state index in [2.05, 4.69) is 10.6 Å². The van der Waals surface area contributed by atoms with Crippen LogP contribution in [0.5, 0.6) is 0 Å². The topological polar surface area (TPSA) is 100 Å². The molecule has 3 N–H and O–H groups in total. The molecule has 146 valence electrons. The number of aromatic nitrogens is 1. The molecule has 0 fully saturated rings. The van der Waals surface area contributed by atoms with Crippen LogP contribution < -0.4 is 10.6 Å². The fraction of sp³-hybridized carbons (Fsp3) is 0.421. The minimum Gasteiger partial charge on any atom is -0.480 e. The summed E-state index contributed by atoms with van der Waals surface area (Å²) in [6, 6.07) is 5.17. The van der Waals surface area contributed by atoms with Crippen molar-refractivity contribution in [3.8, 4) is 0 Å². The van der Waals surface area contributed by atoms with E-state index in [1.165, 1.54) is 6.92 Å². The van der Waals surface area contributed by atoms with E-state index in [0.717, 1.165) is 10.9 Å². The molecule has 0 aliphatic heterocycles. The summed E-state index contributed by atoms with van der Waals surface area (Å²) in [7, 11) is 1.76. The van der Waals surface area contributed by atoms with Crippen molar-refractivity contribution in [2.75, 3.05) is 0 Å². The Morgan fingerprint density at radius 1 is 1.15 bits per heavy atom. The average molecular weight is 394 g/mol. The molecule has 2 amide bonds. The summed E-state index contributed by atoms with van der Waals surface area (Å²) in [4.78, 5) is 36.2. The lowest BCUT2D eigenvalue weighted by Gasteiger charge is -2.21. The Morgan fingerprint density at radius 3 is 2.41 bits per heavy atom. The molecule has 1 aromatic carbocycles. The second-order valence-corrected chi connectivity index (χ2v) is 7.45. The van der Waals surface area contributed by atoms with Crippen LogP contribution >= 0.6 is 11.6 Å². The van der Waals surface area contributed by atoms with Crippen LogP contribution in [0.3, 0.4) is 0 Å². The first-order chi connectivity index (χ1) is 12.6. The van der Waals surface area contributed by atoms with Gasteiger partial charge in [-0.3, -0.25) is 14.4 Å². The van der Waals surface area contributed by atoms with Gasteiger partial charge >= 0.3 is 5.97 Å². The largest absolute Gasteiger partial charge is 0.480 e. The van der Waals surface area contributed by atoms with Crippen molar-refractivity contribution in [2.24, 2.45) is 13.0 Å². The van der Waals surface area contributed by atoms with E-state index in [1.807, 2.05) is 19.9 Å². The number of nitrogens with zero attached hydrogens (tertiary/aromatic N) is 1. The van der Waals surface area contributed by atoms with Gasteiger partial charge in [-0.1, -0.05) is 25.4 Å². The van der Waals surface area contributed by atoms with Crippen LogP contribution in [0, 0.1) is 5.92 Å². The first-order valence-electron chi connectivity index (χ1n) is 8.69. The number of rotatable bonds is 7. The molecular formula is C19H24ClN3O4. The molecule has 7 nitrogen and oxygen atoms in total. The zero-order valence-corrected chi connectivity index (χ0v) is 16.5. The molecule has 0 saturated heterocycles. The highest BCUT2D eigenvalue weighted by molar-refractivity contribution is 6.31. The standard InChI is InChI=1S/C19H24ClN3O4/c1-10(2)7-14(17(24)21-11(3)19(26)27)22-18(25)16-9-12-8-13(20)5-6-15(12)23(16)4/h5-6,8-11,14H,7H2,1-4H3,(H,21,24)(H,22,25)(H,26,27)/t11-,14-/m0/s1. The summed E-state index contributed by atoms with van der Waals surface area (Å²) in [5, 5.41) is 15.5. The van der Waals surface area contributed by atoms with Crippen molar-refractivity contribution >= 4 is 40.3 Å². The quantitative estimate of drug-likeness (QED) is 0.673. The number of aryl methyl sites for hydroxylation is 1. The lowest BCUT2D eigenvalue weighted by molar-refractivity contribution is -0.141. The smallest absolute Gasteiger partial charge is 0.325 e. The molecule has 1 heterocycles. The number of nitrogens with one attached hydrogen (secondary N) is 2. The van der Waals surface area contributed by atoms with Gasteiger partial charge in [0, 0.05) is 23.0 Å². The lowest BCUT2D eigenvalue weighted by Crippen LogP contribution is -2.51. The van der Waals surface area contributed by atoms with E-state index in [1.54, 1.807) is 29.8 Å². The van der Waals surface area contributed by atoms with E-state index < -0.39 is 29.9 Å². The molecular weight excluding hydrogens is 370 g/mol. The maximum atomic E-state index is 12.8. The average Bonchev–Trinajstić information content (AvgIpc) is 2.89. The number of halogens is 1. The van der Waals surface area contributed by atoms with E-state index in [-0.39, 0.29) is 5.92 Å². The van der Waals surface area contributed by atoms with Gasteiger partial charge in [-0.15, -0.1) is 0 Å². The van der Waals surface area contributed by atoms with Crippen molar-refractivity contribution in [1.29, 1.82) is 0 Å². The highest BCUT2D eigenvalue weighted by Gasteiger charge is 2.26. The number of carboxylic acid groups (broad SMARTS) is 1. The molecule has 0 bridgehead atoms. The number of aliphatic carboxylic acids is 1. The maximum Gasteiger partial charge on any atom is 0.325 e. The Labute approximate surface area is 162 Å². The van der Waals surface area contributed by atoms with Crippen LogP contribution in [0.25, 0.3) is 10.9 Å². The van der Waals surface area contributed by atoms with Gasteiger partial charge in [0.25, 0.3) is 5.91 Å². The van der Waals surface area contributed by atoms with Crippen molar-refractivity contribution in [2.45, 2.75) is 39.3 Å². The number of carboxylic acids is 1. The molecule has 2 atom stereocenters. The van der Waals surface area contributed by atoms with E-state index in [0.29, 0.717) is 17.1 Å². The number of amides is 2. The number of carbonyl (C=O) groups is 3. The second-order valence-electron chi connectivity index (χ2n) is 7.02. The Bertz CT molecular complexity index is 875. The van der Waals surface area contributed by atoms with E-state index >= 15 is 0 Å². The third-order valence-electron chi connectivity index (χ3n) is 4.30. The van der Waals surface area contributed by atoms with Crippen molar-refractivity contribution in [3.05, 3.63) is 35.0 Å². The van der Waals surface area contributed by atoms with Crippen LogP contribution in [0.1, 0.15) is 37.7 Å². The Kier molecular flexibility index (Phi) is 6.49. The minimum atomic E-state index is -1.14. The van der Waals surface area contributed by atoms with Crippen LogP contribution in [-0.2, 0) is 16.6 Å². The minimum absolute atomic E-state index is 0.132. The van der Waals surface area contributed by atoms with Gasteiger partial charge < -0.3 is 20.3 Å². The van der Waals surface area contributed by atoms with Crippen molar-refractivity contribution < 1.29 is 19.5 Å². The molecule has 27 heavy (non-hydrogen) atoms. The molecule has 1 aromatic heterocycles. The number of hydrogen-bond acceptors (Lipinski definition) is 3. The first-order valence-corrected chi connectivity index (χ1v) is 9.07. The van der Waals surface area contributed by atoms with Gasteiger partial charge in [0.15, 0.2) is 0 Å². The predicted octanol–water partition coefficient (Wildman–Crippen LogP) is 2.57. The highest BCUT2D eigenvalue weighted by atomic mass is 35.5. The van der Waals surface area contributed by atoms with E-state index in [9.17, 15) is 14.4 Å². The monoisotopic (exact) mass is 393 g/mol. The highest BCUT2D eigenvalue weighted by Crippen LogP contribution is 2.22. The van der Waals surface area contributed by atoms with Gasteiger partial charge in [-0.25, -0.2) is 0 Å². The summed E-state index contributed by atoms with van der Waals surface area (Å²) in [6.07, 6.45) is 0.389. The molecule has 0 unspecified atom stereocenters. The molecule has 0 aliphatic rings. The summed E-state index contributed by atoms with van der Waals surface area (Å²) >= 11 is 6.01. The molecule has 2 aromatic rings. The van der Waals surface area contributed by atoms with Gasteiger partial charge in [0.1, 0.15) is 17.8 Å². The van der Waals surface area contributed by atoms with Crippen molar-refractivity contribution in [1.82, 2.24) is 15.2 Å². The number of fused-ring (bicyclic) bond motifs is 1. The number of hydrogen-bond donors (Lipinski definition) is 3. The summed E-state index contributed by atoms with van der Waals surface area (Å²) in [5.74, 6) is -1.93. The molecule has 0 radical (unpaired) electrons. The third kappa shape index (κ3) is 5.01. The van der Waals surface area contributed by atoms with Crippen molar-refractivity contribution in [3.63, 3.8) is 0 Å². The van der Waals surface area contributed by atoms with Crippen LogP contribution in [0.2, 0.25) is 5.02 Å². The molecule has 8 heteroatoms. The Balaban J connectivity index is 2.24. The van der Waals surface area contributed by atoms with Crippen LogP contribution in [0.4, 0.5) is 0 Å². The zero-order valence-electron chi connectivity index (χ0n) is 15.7. The van der Waals surface area contributed by atoms with Gasteiger partial charge in [-0.05, 0) is 43.5 Å². The third-order valence-corrected chi connectivity index (χ3v) is 4.53. The Morgan fingerprint density at radius 2 is 1.81 bits per heavy atom. The van der Waals surface area contributed by atoms with Gasteiger partial charge in [0.05, 0.1) is 0 Å². The fourth-order valence-corrected chi connectivity index (χ4v) is 3.03. The molecule has 0 aliphatic carbocycles. The molecule has 0 spiro atoms. The molecule has 2 rings (SSSR count). The number of carbonyl (C=O) groups excluding carboxylic acids is 2. The van der Waals surface area contributed by atoms with E-state index in [4.69, 9.17) is 16.7 Å². The predicted molar refractivity (Wildman–Crippen MR) is 104 cm³/mol. The molecule has 0 saturated carbocycles. The summed E-state index contributed by atoms with van der Waals surface area (Å²) < 4.78 is 1.73. The lowest BCUT2D eigenvalue weighted by atomic mass is 10.0. The second kappa shape index (κ2) is 8.43. The van der Waals surface area contributed by atoms with Crippen LogP contribution in [-0.4, -0.2) is 39.5 Å². The SMILES string of the molecule is CC(C)C[C@H](NC(=O)c1cc2cc(Cl)ccc2n1C)C(=O)N[C@@H](C)C(=O)O. The van der Waals surface area contributed by atoms with Crippen LogP contribution in [0.15, 0.2) is 24.3 Å². The summed E-state index contributed by atoms with van der Waals surface area (Å²) in [6.45, 7) is 5.22. The maximum absolute atomic E-state index is 12.8. The Hall–Kier alpha value is -2.54. The zero-order chi connectivity index (χ0) is 20.3. The fourth-order valence-electron chi connectivity index (χ4n) is 2.85. The van der Waals surface area contributed by atoms with Gasteiger partial charge in [-0.2, -0.15) is 0 Å². The first kappa shape index (κ1) is 20.8. The number of benzene rings is 1. The van der Waals surface area contributed by atoms with Gasteiger partial charge in [0.2, 0.25) is 5.91 Å². The summed E-state index contributed by atoms with van der Waals surface area (Å²) in [5.41, 5.74) is 1.23. The normalized spacial score (nSPS) is 13.4.